The Morgan fingerprint density at radius 3 is 1.80 bits per heavy atom. The molecule has 0 spiro atoms. The van der Waals surface area contributed by atoms with Crippen LogP contribution in [0.3, 0.4) is 0 Å². The maximum atomic E-state index is 6.32. The summed E-state index contributed by atoms with van der Waals surface area (Å²) in [5.41, 5.74) is 0. The first-order chi connectivity index (χ1) is 7.36. The van der Waals surface area contributed by atoms with E-state index in [1.807, 2.05) is 0 Å². The van der Waals surface area contributed by atoms with E-state index in [0.717, 1.165) is 12.1 Å². The molecule has 0 aromatic carbocycles. The van der Waals surface area contributed by atoms with Crippen LogP contribution in [0.25, 0.3) is 0 Å². The molecule has 1 heterocycles. The number of likely N-dealkylation sites (N-methyl/N-ethyl adjacent to an activating group) is 1. The third-order valence-corrected chi connectivity index (χ3v) is 4.73. The summed E-state index contributed by atoms with van der Waals surface area (Å²) in [6, 6.07) is 1.47. The third kappa shape index (κ3) is 1.72. The topological polar surface area (TPSA) is 12.5 Å². The smallest absolute Gasteiger partial charge is 0.0734 e. The van der Waals surface area contributed by atoms with Crippen molar-refractivity contribution in [1.29, 1.82) is 0 Å². The first-order valence-corrected chi connectivity index (χ1v) is 6.73. The van der Waals surface area contributed by atoms with Gasteiger partial charge in [0.05, 0.1) is 12.2 Å². The molecule has 1 saturated heterocycles. The Balaban J connectivity index is 1.76. The minimum Gasteiger partial charge on any atom is -0.372 e. The van der Waals surface area contributed by atoms with Gasteiger partial charge in [-0.2, -0.15) is 0 Å². The van der Waals surface area contributed by atoms with Gasteiger partial charge in [-0.1, -0.05) is 25.7 Å². The average Bonchev–Trinajstić information content (AvgIpc) is 2.30. The molecule has 0 bridgehead atoms. The number of ether oxygens (including phenoxy) is 1. The summed E-state index contributed by atoms with van der Waals surface area (Å²) >= 11 is 0. The molecule has 2 nitrogen and oxygen atoms in total. The van der Waals surface area contributed by atoms with E-state index in [2.05, 4.69) is 11.9 Å². The summed E-state index contributed by atoms with van der Waals surface area (Å²) in [6.45, 7) is 0. The second-order valence-corrected chi connectivity index (χ2v) is 5.58. The van der Waals surface area contributed by atoms with Gasteiger partial charge in [0.25, 0.3) is 0 Å². The summed E-state index contributed by atoms with van der Waals surface area (Å²) in [5.74, 6) is 0. The highest BCUT2D eigenvalue weighted by atomic mass is 16.5. The molecule has 4 unspecified atom stereocenters. The average molecular weight is 209 g/mol. The molecule has 3 aliphatic rings. The van der Waals surface area contributed by atoms with Crippen LogP contribution >= 0.6 is 0 Å². The fourth-order valence-corrected chi connectivity index (χ4v) is 3.87. The summed E-state index contributed by atoms with van der Waals surface area (Å²) in [6.07, 6.45) is 12.0. The summed E-state index contributed by atoms with van der Waals surface area (Å²) < 4.78 is 6.32. The monoisotopic (exact) mass is 209 g/mol. The molecule has 2 heteroatoms. The SMILES string of the molecule is CN1C2CCCCC2OC2CCCCC21. The maximum absolute atomic E-state index is 6.32. The van der Waals surface area contributed by atoms with E-state index in [0.29, 0.717) is 12.2 Å². The quantitative estimate of drug-likeness (QED) is 0.608. The maximum Gasteiger partial charge on any atom is 0.0734 e. The standard InChI is InChI=1S/C13H23NO/c1-14-10-6-2-4-8-12(10)15-13-9-5-3-7-11(13)14/h10-13H,2-9H2,1H3. The summed E-state index contributed by atoms with van der Waals surface area (Å²) in [5, 5.41) is 0. The molecule has 0 amide bonds. The highest BCUT2D eigenvalue weighted by Gasteiger charge is 2.43. The number of nitrogens with zero attached hydrogens (tertiary/aromatic N) is 1. The van der Waals surface area contributed by atoms with E-state index in [1.54, 1.807) is 0 Å². The lowest BCUT2D eigenvalue weighted by molar-refractivity contribution is -0.167. The summed E-state index contributed by atoms with van der Waals surface area (Å²) in [7, 11) is 2.34. The van der Waals surface area contributed by atoms with Crippen molar-refractivity contribution < 1.29 is 4.74 Å². The normalized spacial score (nSPS) is 47.0. The number of rotatable bonds is 0. The van der Waals surface area contributed by atoms with Gasteiger partial charge in [-0.3, -0.25) is 4.90 Å². The van der Waals surface area contributed by atoms with Crippen molar-refractivity contribution in [2.45, 2.75) is 75.7 Å². The summed E-state index contributed by atoms with van der Waals surface area (Å²) in [4.78, 5) is 2.66. The molecule has 0 N–H and O–H groups in total. The predicted octanol–water partition coefficient (Wildman–Crippen LogP) is 2.57. The molecule has 3 rings (SSSR count). The van der Waals surface area contributed by atoms with E-state index in [-0.39, 0.29) is 0 Å². The number of morpholine rings is 1. The van der Waals surface area contributed by atoms with Crippen molar-refractivity contribution in [3.8, 4) is 0 Å². The van der Waals surface area contributed by atoms with Crippen LogP contribution in [0.1, 0.15) is 51.4 Å². The molecule has 86 valence electrons. The lowest BCUT2D eigenvalue weighted by Crippen LogP contribution is -2.60. The van der Waals surface area contributed by atoms with Gasteiger partial charge in [0.1, 0.15) is 0 Å². The van der Waals surface area contributed by atoms with E-state index in [4.69, 9.17) is 4.74 Å². The van der Waals surface area contributed by atoms with Gasteiger partial charge >= 0.3 is 0 Å². The zero-order valence-corrected chi connectivity index (χ0v) is 9.82. The van der Waals surface area contributed by atoms with Crippen LogP contribution in [-0.4, -0.2) is 36.2 Å². The zero-order valence-electron chi connectivity index (χ0n) is 9.82. The van der Waals surface area contributed by atoms with E-state index in [9.17, 15) is 0 Å². The van der Waals surface area contributed by atoms with Crippen LogP contribution < -0.4 is 0 Å². The molecular formula is C13H23NO. The van der Waals surface area contributed by atoms with Crippen molar-refractivity contribution in [3.05, 3.63) is 0 Å². The van der Waals surface area contributed by atoms with Crippen LogP contribution in [0.2, 0.25) is 0 Å². The fraction of sp³-hybridized carbons (Fsp3) is 1.00. The third-order valence-electron chi connectivity index (χ3n) is 4.73. The van der Waals surface area contributed by atoms with Gasteiger partial charge < -0.3 is 4.74 Å². The Kier molecular flexibility index (Phi) is 2.73. The van der Waals surface area contributed by atoms with Crippen LogP contribution in [0.4, 0.5) is 0 Å². The lowest BCUT2D eigenvalue weighted by Gasteiger charge is -2.52. The Hall–Kier alpha value is -0.0800. The second-order valence-electron chi connectivity index (χ2n) is 5.58. The zero-order chi connectivity index (χ0) is 10.3. The number of fused-ring (bicyclic) bond motifs is 2. The first kappa shape index (κ1) is 10.1. The number of hydrogen-bond donors (Lipinski definition) is 0. The van der Waals surface area contributed by atoms with E-state index >= 15 is 0 Å². The van der Waals surface area contributed by atoms with Crippen LogP contribution in [0.15, 0.2) is 0 Å². The van der Waals surface area contributed by atoms with Gasteiger partial charge in [-0.15, -0.1) is 0 Å². The molecule has 0 aromatic rings. The molecule has 4 atom stereocenters. The van der Waals surface area contributed by atoms with Gasteiger partial charge in [-0.05, 0) is 32.7 Å². The van der Waals surface area contributed by atoms with E-state index in [1.165, 1.54) is 51.4 Å². The molecule has 0 radical (unpaired) electrons. The van der Waals surface area contributed by atoms with Crippen molar-refractivity contribution >= 4 is 0 Å². The molecule has 1 aliphatic heterocycles. The first-order valence-electron chi connectivity index (χ1n) is 6.73. The van der Waals surface area contributed by atoms with Gasteiger partial charge in [0, 0.05) is 12.1 Å². The predicted molar refractivity (Wildman–Crippen MR) is 60.9 cm³/mol. The molecule has 0 aromatic heterocycles. The van der Waals surface area contributed by atoms with Crippen LogP contribution in [0, 0.1) is 0 Å². The number of hydrogen-bond acceptors (Lipinski definition) is 2. The van der Waals surface area contributed by atoms with Crippen molar-refractivity contribution in [1.82, 2.24) is 4.90 Å². The van der Waals surface area contributed by atoms with E-state index < -0.39 is 0 Å². The molecule has 15 heavy (non-hydrogen) atoms. The van der Waals surface area contributed by atoms with Crippen molar-refractivity contribution in [2.24, 2.45) is 0 Å². The molecule has 2 aliphatic carbocycles. The minimum absolute atomic E-state index is 0.558. The lowest BCUT2D eigenvalue weighted by atomic mass is 9.83. The van der Waals surface area contributed by atoms with Crippen LogP contribution in [-0.2, 0) is 4.74 Å². The Bertz CT molecular complexity index is 209. The molecule has 3 fully saturated rings. The molecular weight excluding hydrogens is 186 g/mol. The second kappa shape index (κ2) is 4.06. The van der Waals surface area contributed by atoms with Gasteiger partial charge in [0.2, 0.25) is 0 Å². The Labute approximate surface area is 93.0 Å². The highest BCUT2D eigenvalue weighted by Crippen LogP contribution is 2.37. The van der Waals surface area contributed by atoms with Gasteiger partial charge in [0.15, 0.2) is 0 Å². The van der Waals surface area contributed by atoms with Crippen molar-refractivity contribution in [2.75, 3.05) is 7.05 Å². The fourth-order valence-electron chi connectivity index (χ4n) is 3.87. The minimum atomic E-state index is 0.558. The highest BCUT2D eigenvalue weighted by molar-refractivity contribution is 4.96. The Morgan fingerprint density at radius 1 is 0.800 bits per heavy atom. The largest absolute Gasteiger partial charge is 0.372 e. The van der Waals surface area contributed by atoms with Crippen molar-refractivity contribution in [3.63, 3.8) is 0 Å². The Morgan fingerprint density at radius 2 is 1.27 bits per heavy atom. The van der Waals surface area contributed by atoms with Crippen LogP contribution in [0.5, 0.6) is 0 Å². The molecule has 2 saturated carbocycles. The van der Waals surface area contributed by atoms with Gasteiger partial charge in [-0.25, -0.2) is 0 Å².